The topological polar surface area (TPSA) is 39.2 Å². The monoisotopic (exact) mass is 201 g/mol. The van der Waals surface area contributed by atoms with E-state index in [1.807, 2.05) is 6.07 Å². The second kappa shape index (κ2) is 4.68. The van der Waals surface area contributed by atoms with Gasteiger partial charge < -0.3 is 10.2 Å². The molecule has 0 spiro atoms. The van der Waals surface area contributed by atoms with E-state index < -0.39 is 0 Å². The lowest BCUT2D eigenvalue weighted by Gasteiger charge is -2.18. The van der Waals surface area contributed by atoms with E-state index in [9.17, 15) is 0 Å². The summed E-state index contributed by atoms with van der Waals surface area (Å²) < 4.78 is 5.27. The molecule has 1 rings (SSSR count). The van der Waals surface area contributed by atoms with Gasteiger partial charge in [0.15, 0.2) is 5.22 Å². The van der Waals surface area contributed by atoms with Gasteiger partial charge in [0, 0.05) is 0 Å². The molecule has 74 valence electrons. The van der Waals surface area contributed by atoms with Gasteiger partial charge in [0.1, 0.15) is 5.76 Å². The average molecular weight is 202 g/mol. The molecule has 1 aromatic rings. The van der Waals surface area contributed by atoms with E-state index in [-0.39, 0.29) is 6.04 Å². The first-order chi connectivity index (χ1) is 6.19. The Labute approximate surface area is 84.1 Å². The van der Waals surface area contributed by atoms with E-state index >= 15 is 0 Å². The van der Waals surface area contributed by atoms with Crippen LogP contribution in [0.15, 0.2) is 16.5 Å². The Hall–Kier alpha value is -0.470. The summed E-state index contributed by atoms with van der Waals surface area (Å²) in [5.41, 5.74) is 6.02. The summed E-state index contributed by atoms with van der Waals surface area (Å²) in [6, 6.07) is 3.56. The maximum absolute atomic E-state index is 6.02. The van der Waals surface area contributed by atoms with Crippen LogP contribution in [0.2, 0.25) is 5.22 Å². The number of halogens is 1. The molecule has 0 radical (unpaired) electrons. The number of rotatable bonds is 4. The SMILES string of the molecule is CCC(CC)C(N)c1ccc(Cl)o1. The Bertz CT molecular complexity index is 255. The summed E-state index contributed by atoms with van der Waals surface area (Å²) in [7, 11) is 0. The molecular formula is C10H16ClNO. The van der Waals surface area contributed by atoms with Crippen molar-refractivity contribution in [2.24, 2.45) is 11.7 Å². The summed E-state index contributed by atoms with van der Waals surface area (Å²) in [5, 5.41) is 0.413. The van der Waals surface area contributed by atoms with E-state index in [2.05, 4.69) is 13.8 Å². The van der Waals surface area contributed by atoms with Gasteiger partial charge in [-0.2, -0.15) is 0 Å². The average Bonchev–Trinajstić information content (AvgIpc) is 2.54. The predicted molar refractivity (Wildman–Crippen MR) is 54.7 cm³/mol. The Kier molecular flexibility index (Phi) is 3.82. The summed E-state index contributed by atoms with van der Waals surface area (Å²) in [5.74, 6) is 1.26. The van der Waals surface area contributed by atoms with Gasteiger partial charge in [-0.15, -0.1) is 0 Å². The summed E-state index contributed by atoms with van der Waals surface area (Å²) >= 11 is 5.67. The van der Waals surface area contributed by atoms with Crippen molar-refractivity contribution in [2.45, 2.75) is 32.7 Å². The van der Waals surface area contributed by atoms with E-state index in [0.717, 1.165) is 18.6 Å². The Morgan fingerprint density at radius 3 is 2.38 bits per heavy atom. The van der Waals surface area contributed by atoms with Gasteiger partial charge in [-0.3, -0.25) is 0 Å². The minimum atomic E-state index is -0.0255. The second-order valence-corrected chi connectivity index (χ2v) is 3.62. The van der Waals surface area contributed by atoms with E-state index in [1.54, 1.807) is 6.07 Å². The number of hydrogen-bond acceptors (Lipinski definition) is 2. The third-order valence-corrected chi connectivity index (χ3v) is 2.68. The second-order valence-electron chi connectivity index (χ2n) is 3.24. The maximum atomic E-state index is 6.02. The van der Waals surface area contributed by atoms with Crippen LogP contribution in [0.5, 0.6) is 0 Å². The van der Waals surface area contributed by atoms with Gasteiger partial charge in [0.2, 0.25) is 0 Å². The van der Waals surface area contributed by atoms with Gasteiger partial charge in [0.25, 0.3) is 0 Å². The highest BCUT2D eigenvalue weighted by atomic mass is 35.5. The first-order valence-electron chi connectivity index (χ1n) is 4.69. The molecule has 1 heterocycles. The largest absolute Gasteiger partial charge is 0.448 e. The molecular weight excluding hydrogens is 186 g/mol. The maximum Gasteiger partial charge on any atom is 0.193 e. The number of furan rings is 1. The molecule has 13 heavy (non-hydrogen) atoms. The van der Waals surface area contributed by atoms with Crippen LogP contribution in [0, 0.1) is 5.92 Å². The molecule has 0 fully saturated rings. The van der Waals surface area contributed by atoms with Crippen molar-refractivity contribution in [3.8, 4) is 0 Å². The van der Waals surface area contributed by atoms with Crippen LogP contribution in [0.4, 0.5) is 0 Å². The third-order valence-electron chi connectivity index (χ3n) is 2.48. The molecule has 2 N–H and O–H groups in total. The molecule has 1 unspecified atom stereocenters. The lowest BCUT2D eigenvalue weighted by atomic mass is 9.93. The Morgan fingerprint density at radius 2 is 2.00 bits per heavy atom. The van der Waals surface area contributed by atoms with Gasteiger partial charge >= 0.3 is 0 Å². The molecule has 0 aromatic carbocycles. The molecule has 2 nitrogen and oxygen atoms in total. The van der Waals surface area contributed by atoms with Crippen LogP contribution in [0.3, 0.4) is 0 Å². The molecule has 0 aliphatic rings. The Balaban J connectivity index is 2.71. The normalized spacial score (nSPS) is 13.6. The van der Waals surface area contributed by atoms with E-state index in [0.29, 0.717) is 11.1 Å². The van der Waals surface area contributed by atoms with Crippen LogP contribution in [0.1, 0.15) is 38.5 Å². The summed E-state index contributed by atoms with van der Waals surface area (Å²) in [4.78, 5) is 0. The zero-order valence-corrected chi connectivity index (χ0v) is 8.84. The third kappa shape index (κ3) is 2.48. The lowest BCUT2D eigenvalue weighted by Crippen LogP contribution is -2.19. The van der Waals surface area contributed by atoms with E-state index in [4.69, 9.17) is 21.8 Å². The van der Waals surface area contributed by atoms with Crippen LogP contribution in [-0.4, -0.2) is 0 Å². The highest BCUT2D eigenvalue weighted by molar-refractivity contribution is 6.28. The molecule has 0 bridgehead atoms. The highest BCUT2D eigenvalue weighted by Crippen LogP contribution is 2.27. The van der Waals surface area contributed by atoms with Crippen LogP contribution in [-0.2, 0) is 0 Å². The van der Waals surface area contributed by atoms with Gasteiger partial charge in [0.05, 0.1) is 6.04 Å². The quantitative estimate of drug-likeness (QED) is 0.812. The summed E-state index contributed by atoms with van der Waals surface area (Å²) in [6.07, 6.45) is 2.13. The van der Waals surface area contributed by atoms with Crippen molar-refractivity contribution in [2.75, 3.05) is 0 Å². The van der Waals surface area contributed by atoms with Crippen molar-refractivity contribution < 1.29 is 4.42 Å². The fourth-order valence-corrected chi connectivity index (χ4v) is 1.69. The first kappa shape index (κ1) is 10.6. The summed E-state index contributed by atoms with van der Waals surface area (Å²) in [6.45, 7) is 4.27. The molecule has 0 aliphatic heterocycles. The Morgan fingerprint density at radius 1 is 1.38 bits per heavy atom. The fraction of sp³-hybridized carbons (Fsp3) is 0.600. The minimum Gasteiger partial charge on any atom is -0.448 e. The smallest absolute Gasteiger partial charge is 0.193 e. The highest BCUT2D eigenvalue weighted by Gasteiger charge is 2.18. The molecule has 1 aromatic heterocycles. The van der Waals surface area contributed by atoms with Crippen LogP contribution < -0.4 is 5.73 Å². The number of hydrogen-bond donors (Lipinski definition) is 1. The van der Waals surface area contributed by atoms with Crippen molar-refractivity contribution >= 4 is 11.6 Å². The molecule has 1 atom stereocenters. The number of nitrogens with two attached hydrogens (primary N) is 1. The molecule has 0 saturated heterocycles. The zero-order chi connectivity index (χ0) is 9.84. The minimum absolute atomic E-state index is 0.0255. The van der Waals surface area contributed by atoms with Crippen molar-refractivity contribution in [1.29, 1.82) is 0 Å². The van der Waals surface area contributed by atoms with Crippen molar-refractivity contribution in [3.63, 3.8) is 0 Å². The first-order valence-corrected chi connectivity index (χ1v) is 5.07. The molecule has 0 aliphatic carbocycles. The van der Waals surface area contributed by atoms with Gasteiger partial charge in [-0.25, -0.2) is 0 Å². The van der Waals surface area contributed by atoms with Gasteiger partial charge in [-0.05, 0) is 29.7 Å². The van der Waals surface area contributed by atoms with Crippen molar-refractivity contribution in [1.82, 2.24) is 0 Å². The predicted octanol–water partition coefficient (Wildman–Crippen LogP) is 3.37. The standard InChI is InChI=1S/C10H16ClNO/c1-3-7(4-2)10(12)8-5-6-9(11)13-8/h5-7,10H,3-4,12H2,1-2H3. The van der Waals surface area contributed by atoms with Crippen molar-refractivity contribution in [3.05, 3.63) is 23.1 Å². The molecule has 3 heteroatoms. The lowest BCUT2D eigenvalue weighted by molar-refractivity contribution is 0.347. The molecule has 0 amide bonds. The molecule has 0 saturated carbocycles. The zero-order valence-electron chi connectivity index (χ0n) is 8.09. The van der Waals surface area contributed by atoms with E-state index in [1.165, 1.54) is 0 Å². The fourth-order valence-electron chi connectivity index (χ4n) is 1.54. The van der Waals surface area contributed by atoms with Gasteiger partial charge in [-0.1, -0.05) is 26.7 Å². The van der Waals surface area contributed by atoms with Crippen LogP contribution in [0.25, 0.3) is 0 Å². The van der Waals surface area contributed by atoms with Crippen LogP contribution >= 0.6 is 11.6 Å².